The van der Waals surface area contributed by atoms with Gasteiger partial charge in [0.25, 0.3) is 0 Å². The maximum absolute atomic E-state index is 6.67. The molecule has 0 aromatic heterocycles. The van der Waals surface area contributed by atoms with Crippen LogP contribution in [0.4, 0.5) is 5.69 Å². The molecule has 0 heterocycles. The first-order chi connectivity index (χ1) is 11.7. The summed E-state index contributed by atoms with van der Waals surface area (Å²) >= 11 is 6.67. The number of nitrogen functional groups attached to an aromatic ring is 1. The first kappa shape index (κ1) is 26.2. The summed E-state index contributed by atoms with van der Waals surface area (Å²) in [6, 6.07) is 13.4. The number of hydrogen-bond donors (Lipinski definition) is 1. The molecule has 0 bridgehead atoms. The molecule has 0 saturated heterocycles. The number of nitrogens with two attached hydrogens (primary N) is 1. The summed E-state index contributed by atoms with van der Waals surface area (Å²) < 4.78 is 0. The van der Waals surface area contributed by atoms with E-state index in [-0.39, 0.29) is 31.3 Å². The molecule has 0 atom stereocenters. The van der Waals surface area contributed by atoms with E-state index in [0.29, 0.717) is 0 Å². The van der Waals surface area contributed by atoms with Crippen LogP contribution in [0.25, 0.3) is 11.1 Å². The molecule has 3 heteroatoms. The molecular formula is C24H34ClNPd. The molecule has 0 aliphatic heterocycles. The molecule has 152 valence electrons. The van der Waals surface area contributed by atoms with Crippen LogP contribution in [0, 0.1) is 12.0 Å². The van der Waals surface area contributed by atoms with Crippen LogP contribution >= 0.6 is 11.6 Å². The van der Waals surface area contributed by atoms with Gasteiger partial charge in [0.15, 0.2) is 0 Å². The summed E-state index contributed by atoms with van der Waals surface area (Å²) in [5.74, 6) is 1.42. The second kappa shape index (κ2) is 10.1. The average Bonchev–Trinajstić information content (AvgIpc) is 2.44. The molecule has 2 rings (SSSR count). The van der Waals surface area contributed by atoms with Crippen LogP contribution in [0.15, 0.2) is 30.3 Å². The monoisotopic (exact) mass is 477 g/mol. The van der Waals surface area contributed by atoms with Gasteiger partial charge in [-0.1, -0.05) is 65.3 Å². The van der Waals surface area contributed by atoms with Crippen molar-refractivity contribution >= 4 is 17.3 Å². The zero-order chi connectivity index (χ0) is 20.3. The Morgan fingerprint density at radius 1 is 0.926 bits per heavy atom. The smallest absolute Gasteiger partial charge is 0.406 e. The minimum Gasteiger partial charge on any atom is -0.406 e. The standard InChI is InChI=1S/C20H25ClN.C4H9.Pd/c1-19(2,3)15-11-13(14-9-7-8-10-17(14)22)12-16(21)18(15)20(4,5)6;1-4(2)3;/h7-10,12H,22H2,1-6H3;1-3H3;/q2*-1;+2. The van der Waals surface area contributed by atoms with Gasteiger partial charge in [0, 0.05) is 0 Å². The molecule has 0 spiro atoms. The van der Waals surface area contributed by atoms with E-state index >= 15 is 0 Å². The average molecular weight is 478 g/mol. The van der Waals surface area contributed by atoms with Gasteiger partial charge in [-0.2, -0.15) is 20.8 Å². The number of benzene rings is 2. The molecule has 0 amide bonds. The van der Waals surface area contributed by atoms with Gasteiger partial charge in [0.2, 0.25) is 0 Å². The van der Waals surface area contributed by atoms with Gasteiger partial charge in [-0.15, -0.1) is 40.4 Å². The molecule has 2 aromatic rings. The zero-order valence-corrected chi connectivity index (χ0v) is 20.5. The van der Waals surface area contributed by atoms with Gasteiger partial charge in [-0.25, -0.2) is 0 Å². The predicted molar refractivity (Wildman–Crippen MR) is 118 cm³/mol. The maximum atomic E-state index is 6.67. The fourth-order valence-corrected chi connectivity index (χ4v) is 3.22. The number of rotatable bonds is 1. The summed E-state index contributed by atoms with van der Waals surface area (Å²) in [6.45, 7) is 19.4. The van der Waals surface area contributed by atoms with Crippen LogP contribution in [-0.2, 0) is 31.3 Å². The first-order valence-electron chi connectivity index (χ1n) is 9.13. The fourth-order valence-electron chi connectivity index (χ4n) is 2.73. The number of anilines is 1. The van der Waals surface area contributed by atoms with Crippen molar-refractivity contribution in [1.29, 1.82) is 0 Å². The van der Waals surface area contributed by atoms with Gasteiger partial charge in [-0.3, -0.25) is 0 Å². The summed E-state index contributed by atoms with van der Waals surface area (Å²) in [5, 5.41) is 0.787. The van der Waals surface area contributed by atoms with E-state index in [4.69, 9.17) is 17.3 Å². The summed E-state index contributed by atoms with van der Waals surface area (Å²) in [7, 11) is 0. The van der Waals surface area contributed by atoms with Crippen LogP contribution in [0.5, 0.6) is 0 Å². The topological polar surface area (TPSA) is 26.0 Å². The third kappa shape index (κ3) is 7.61. The first-order valence-corrected chi connectivity index (χ1v) is 9.51. The van der Waals surface area contributed by atoms with E-state index in [1.54, 1.807) is 0 Å². The van der Waals surface area contributed by atoms with Gasteiger partial charge in [0.1, 0.15) is 0 Å². The van der Waals surface area contributed by atoms with Crippen molar-refractivity contribution in [2.24, 2.45) is 0 Å². The SMILES string of the molecule is CC(C)(C)c1[c-]c(-c2ccccc2N)cc(Cl)c1C(C)(C)C.C[C-](C)C.[Pd+2]. The Morgan fingerprint density at radius 3 is 1.81 bits per heavy atom. The van der Waals surface area contributed by atoms with Crippen molar-refractivity contribution in [1.82, 2.24) is 0 Å². The summed E-state index contributed by atoms with van der Waals surface area (Å²) in [5.41, 5.74) is 11.1. The Bertz CT molecular complexity index is 734. The third-order valence-corrected chi connectivity index (χ3v) is 4.07. The Kier molecular flexibility index (Phi) is 9.81. The van der Waals surface area contributed by atoms with Crippen molar-refractivity contribution in [2.45, 2.75) is 73.1 Å². The fraction of sp³-hybridized carbons (Fsp3) is 0.458. The van der Waals surface area contributed by atoms with Crippen molar-refractivity contribution in [3.8, 4) is 11.1 Å². The molecule has 0 unspecified atom stereocenters. The van der Waals surface area contributed by atoms with Gasteiger partial charge >= 0.3 is 20.4 Å². The molecule has 0 aliphatic rings. The van der Waals surface area contributed by atoms with Gasteiger partial charge < -0.3 is 11.7 Å². The van der Waals surface area contributed by atoms with Crippen molar-refractivity contribution < 1.29 is 20.4 Å². The molecular weight excluding hydrogens is 444 g/mol. The number of para-hydroxylation sites is 1. The number of halogens is 1. The Balaban J connectivity index is 0.00000123. The molecule has 27 heavy (non-hydrogen) atoms. The molecule has 2 N–H and O–H groups in total. The van der Waals surface area contributed by atoms with E-state index in [1.807, 2.05) is 30.3 Å². The van der Waals surface area contributed by atoms with Crippen LogP contribution < -0.4 is 5.73 Å². The predicted octanol–water partition coefficient (Wildman–Crippen LogP) is 7.60. The largest absolute Gasteiger partial charge is 2.00 e. The maximum Gasteiger partial charge on any atom is 2.00 e. The van der Waals surface area contributed by atoms with Crippen molar-refractivity contribution in [2.75, 3.05) is 5.73 Å². The molecule has 0 saturated carbocycles. The van der Waals surface area contributed by atoms with E-state index in [1.165, 1.54) is 11.5 Å². The van der Waals surface area contributed by atoms with Crippen LogP contribution in [0.2, 0.25) is 5.02 Å². The van der Waals surface area contributed by atoms with Crippen LogP contribution in [0.1, 0.15) is 73.4 Å². The zero-order valence-electron chi connectivity index (χ0n) is 18.2. The van der Waals surface area contributed by atoms with Crippen molar-refractivity contribution in [3.63, 3.8) is 0 Å². The van der Waals surface area contributed by atoms with Crippen molar-refractivity contribution in [3.05, 3.63) is 58.5 Å². The minimum atomic E-state index is -0.0359. The quantitative estimate of drug-likeness (QED) is 0.255. The Labute approximate surface area is 185 Å². The Hall–Kier alpha value is -0.808. The van der Waals surface area contributed by atoms with E-state index in [0.717, 1.165) is 27.4 Å². The third-order valence-electron chi connectivity index (χ3n) is 3.77. The molecule has 0 fully saturated rings. The normalized spacial score (nSPS) is 11.5. The Morgan fingerprint density at radius 2 is 1.41 bits per heavy atom. The molecule has 0 aliphatic carbocycles. The van der Waals surface area contributed by atoms with Gasteiger partial charge in [-0.05, 0) is 27.6 Å². The van der Waals surface area contributed by atoms with Crippen LogP contribution in [-0.4, -0.2) is 0 Å². The van der Waals surface area contributed by atoms with E-state index < -0.39 is 0 Å². The second-order valence-electron chi connectivity index (χ2n) is 9.37. The van der Waals surface area contributed by atoms with Crippen LogP contribution in [0.3, 0.4) is 0 Å². The number of hydrogen-bond acceptors (Lipinski definition) is 1. The van der Waals surface area contributed by atoms with Gasteiger partial charge in [0.05, 0.1) is 0 Å². The molecule has 0 radical (unpaired) electrons. The summed E-state index contributed by atoms with van der Waals surface area (Å²) in [6.07, 6.45) is 0. The molecule has 1 nitrogen and oxygen atoms in total. The van der Waals surface area contributed by atoms with E-state index in [9.17, 15) is 0 Å². The van der Waals surface area contributed by atoms with E-state index in [2.05, 4.69) is 68.4 Å². The molecule has 2 aromatic carbocycles. The minimum absolute atomic E-state index is 0. The second-order valence-corrected chi connectivity index (χ2v) is 9.78. The summed E-state index contributed by atoms with van der Waals surface area (Å²) in [4.78, 5) is 0.